The predicted molar refractivity (Wildman–Crippen MR) is 97.5 cm³/mol. The van der Waals surface area contributed by atoms with Gasteiger partial charge in [0.25, 0.3) is 0 Å². The van der Waals surface area contributed by atoms with Crippen LogP contribution in [0.15, 0.2) is 36.4 Å². The Morgan fingerprint density at radius 2 is 1.56 bits per heavy atom. The standard InChI is InChI=1S/C20H25NO4/c1-13-6-8-15(9-7-13)10-19(22)21-14(2)16-11-17(23-3)20(25-5)18(12-16)24-4/h6-9,11-12,14H,10H2,1-5H3,(H,21,22). The number of carbonyl (C=O) groups excluding carboxylic acids is 1. The van der Waals surface area contributed by atoms with Gasteiger partial charge >= 0.3 is 0 Å². The number of ether oxygens (including phenoxy) is 3. The third-order valence-electron chi connectivity index (χ3n) is 4.05. The van der Waals surface area contributed by atoms with Gasteiger partial charge in [0.05, 0.1) is 33.8 Å². The summed E-state index contributed by atoms with van der Waals surface area (Å²) in [5.41, 5.74) is 3.04. The van der Waals surface area contributed by atoms with Gasteiger partial charge in [-0.1, -0.05) is 29.8 Å². The van der Waals surface area contributed by atoms with Gasteiger partial charge in [0.15, 0.2) is 11.5 Å². The molecule has 25 heavy (non-hydrogen) atoms. The normalized spacial score (nSPS) is 11.6. The highest BCUT2D eigenvalue weighted by Crippen LogP contribution is 2.39. The molecule has 134 valence electrons. The molecule has 2 rings (SSSR count). The summed E-state index contributed by atoms with van der Waals surface area (Å²) in [7, 11) is 4.70. The topological polar surface area (TPSA) is 56.8 Å². The molecule has 0 aliphatic rings. The van der Waals surface area contributed by atoms with E-state index in [1.165, 1.54) is 5.56 Å². The van der Waals surface area contributed by atoms with Crippen LogP contribution < -0.4 is 19.5 Å². The SMILES string of the molecule is COc1cc(C(C)NC(=O)Cc2ccc(C)cc2)cc(OC)c1OC. The lowest BCUT2D eigenvalue weighted by atomic mass is 10.1. The van der Waals surface area contributed by atoms with Gasteiger partial charge in [0, 0.05) is 0 Å². The number of methoxy groups -OCH3 is 3. The molecule has 0 aliphatic carbocycles. The van der Waals surface area contributed by atoms with Crippen molar-refractivity contribution in [1.29, 1.82) is 0 Å². The highest BCUT2D eigenvalue weighted by molar-refractivity contribution is 5.79. The van der Waals surface area contributed by atoms with Crippen LogP contribution in [0.2, 0.25) is 0 Å². The highest BCUT2D eigenvalue weighted by Gasteiger charge is 2.17. The molecule has 0 spiro atoms. The van der Waals surface area contributed by atoms with E-state index < -0.39 is 0 Å². The number of rotatable bonds is 7. The maximum atomic E-state index is 12.3. The number of amides is 1. The van der Waals surface area contributed by atoms with Crippen LogP contribution in [0.3, 0.4) is 0 Å². The molecular weight excluding hydrogens is 318 g/mol. The molecule has 0 saturated heterocycles. The summed E-state index contributed by atoms with van der Waals surface area (Å²) in [6.45, 7) is 3.95. The molecule has 1 unspecified atom stereocenters. The number of carbonyl (C=O) groups is 1. The lowest BCUT2D eigenvalue weighted by Gasteiger charge is -2.19. The lowest BCUT2D eigenvalue weighted by molar-refractivity contribution is -0.121. The maximum absolute atomic E-state index is 12.3. The zero-order valence-electron chi connectivity index (χ0n) is 15.4. The predicted octanol–water partition coefficient (Wildman–Crippen LogP) is 3.44. The second-order valence-electron chi connectivity index (χ2n) is 5.91. The Morgan fingerprint density at radius 1 is 1.00 bits per heavy atom. The van der Waals surface area contributed by atoms with Gasteiger partial charge in [-0.15, -0.1) is 0 Å². The number of benzene rings is 2. The van der Waals surface area contributed by atoms with Crippen LogP contribution in [-0.2, 0) is 11.2 Å². The Kier molecular flexibility index (Phi) is 6.28. The Bertz CT molecular complexity index is 700. The second kappa shape index (κ2) is 8.42. The average molecular weight is 343 g/mol. The molecule has 0 bridgehead atoms. The molecule has 1 N–H and O–H groups in total. The van der Waals surface area contributed by atoms with E-state index >= 15 is 0 Å². The van der Waals surface area contributed by atoms with Crippen molar-refractivity contribution in [3.05, 3.63) is 53.1 Å². The minimum Gasteiger partial charge on any atom is -0.493 e. The number of aryl methyl sites for hydroxylation is 1. The van der Waals surface area contributed by atoms with Crippen molar-refractivity contribution < 1.29 is 19.0 Å². The van der Waals surface area contributed by atoms with Crippen LogP contribution in [0.5, 0.6) is 17.2 Å². The van der Waals surface area contributed by atoms with Crippen molar-refractivity contribution in [2.24, 2.45) is 0 Å². The fourth-order valence-corrected chi connectivity index (χ4v) is 2.62. The van der Waals surface area contributed by atoms with Gasteiger partial charge < -0.3 is 19.5 Å². The van der Waals surface area contributed by atoms with E-state index in [0.29, 0.717) is 23.7 Å². The number of nitrogens with one attached hydrogen (secondary N) is 1. The van der Waals surface area contributed by atoms with Gasteiger partial charge in [-0.2, -0.15) is 0 Å². The molecule has 2 aromatic rings. The lowest BCUT2D eigenvalue weighted by Crippen LogP contribution is -2.28. The Hall–Kier alpha value is -2.69. The smallest absolute Gasteiger partial charge is 0.224 e. The fourth-order valence-electron chi connectivity index (χ4n) is 2.62. The summed E-state index contributed by atoms with van der Waals surface area (Å²) < 4.78 is 16.1. The molecule has 5 heteroatoms. The third kappa shape index (κ3) is 4.66. The van der Waals surface area contributed by atoms with Crippen LogP contribution in [0.1, 0.15) is 29.7 Å². The first-order chi connectivity index (χ1) is 12.0. The molecule has 5 nitrogen and oxygen atoms in total. The van der Waals surface area contributed by atoms with E-state index in [2.05, 4.69) is 5.32 Å². The van der Waals surface area contributed by atoms with Crippen LogP contribution in [0.4, 0.5) is 0 Å². The van der Waals surface area contributed by atoms with Crippen LogP contribution in [0.25, 0.3) is 0 Å². The van der Waals surface area contributed by atoms with Gasteiger partial charge in [-0.25, -0.2) is 0 Å². The van der Waals surface area contributed by atoms with E-state index in [-0.39, 0.29) is 11.9 Å². The molecule has 0 aromatic heterocycles. The zero-order chi connectivity index (χ0) is 18.4. The summed E-state index contributed by atoms with van der Waals surface area (Å²) >= 11 is 0. The zero-order valence-corrected chi connectivity index (χ0v) is 15.4. The van der Waals surface area contributed by atoms with Crippen molar-refractivity contribution in [2.45, 2.75) is 26.3 Å². The van der Waals surface area contributed by atoms with E-state index in [1.807, 2.05) is 50.2 Å². The van der Waals surface area contributed by atoms with Crippen molar-refractivity contribution in [3.8, 4) is 17.2 Å². The number of hydrogen-bond donors (Lipinski definition) is 1. The highest BCUT2D eigenvalue weighted by atomic mass is 16.5. The van der Waals surface area contributed by atoms with E-state index in [9.17, 15) is 4.79 Å². The Balaban J connectivity index is 2.12. The van der Waals surface area contributed by atoms with Gasteiger partial charge in [-0.05, 0) is 37.1 Å². The monoisotopic (exact) mass is 343 g/mol. The summed E-state index contributed by atoms with van der Waals surface area (Å²) in [5, 5.41) is 3.01. The van der Waals surface area contributed by atoms with E-state index in [4.69, 9.17) is 14.2 Å². The summed E-state index contributed by atoms with van der Waals surface area (Å²) in [6, 6.07) is 11.5. The van der Waals surface area contributed by atoms with Crippen LogP contribution >= 0.6 is 0 Å². The van der Waals surface area contributed by atoms with E-state index in [0.717, 1.165) is 11.1 Å². The molecule has 1 atom stereocenters. The van der Waals surface area contributed by atoms with Crippen LogP contribution in [0, 0.1) is 6.92 Å². The van der Waals surface area contributed by atoms with Gasteiger partial charge in [0.1, 0.15) is 0 Å². The number of hydrogen-bond acceptors (Lipinski definition) is 4. The van der Waals surface area contributed by atoms with Gasteiger partial charge in [0.2, 0.25) is 11.7 Å². The maximum Gasteiger partial charge on any atom is 0.224 e. The first-order valence-electron chi connectivity index (χ1n) is 8.13. The molecule has 2 aromatic carbocycles. The largest absolute Gasteiger partial charge is 0.493 e. The minimum absolute atomic E-state index is 0.0369. The first kappa shape index (κ1) is 18.6. The van der Waals surface area contributed by atoms with Crippen molar-refractivity contribution in [1.82, 2.24) is 5.32 Å². The molecular formula is C20H25NO4. The summed E-state index contributed by atoms with van der Waals surface area (Å²) in [5.74, 6) is 1.63. The third-order valence-corrected chi connectivity index (χ3v) is 4.05. The molecule has 0 fully saturated rings. The van der Waals surface area contributed by atoms with Crippen molar-refractivity contribution in [3.63, 3.8) is 0 Å². The molecule has 0 radical (unpaired) electrons. The van der Waals surface area contributed by atoms with Crippen molar-refractivity contribution >= 4 is 5.91 Å². The molecule has 1 amide bonds. The Morgan fingerprint density at radius 3 is 2.04 bits per heavy atom. The van der Waals surface area contributed by atoms with Crippen LogP contribution in [-0.4, -0.2) is 27.2 Å². The molecule has 0 heterocycles. The average Bonchev–Trinajstić information content (AvgIpc) is 2.62. The summed E-state index contributed by atoms with van der Waals surface area (Å²) in [6.07, 6.45) is 0.342. The molecule has 0 saturated carbocycles. The molecule has 0 aliphatic heterocycles. The first-order valence-corrected chi connectivity index (χ1v) is 8.13. The van der Waals surface area contributed by atoms with Gasteiger partial charge in [-0.3, -0.25) is 4.79 Å². The Labute approximate surface area is 148 Å². The van der Waals surface area contributed by atoms with Crippen molar-refractivity contribution in [2.75, 3.05) is 21.3 Å². The minimum atomic E-state index is -0.188. The summed E-state index contributed by atoms with van der Waals surface area (Å²) in [4.78, 5) is 12.3. The second-order valence-corrected chi connectivity index (χ2v) is 5.91. The van der Waals surface area contributed by atoms with E-state index in [1.54, 1.807) is 21.3 Å². The fraction of sp³-hybridized carbons (Fsp3) is 0.350. The quantitative estimate of drug-likeness (QED) is 0.837.